The van der Waals surface area contributed by atoms with Crippen LogP contribution >= 0.6 is 24.0 Å². The summed E-state index contributed by atoms with van der Waals surface area (Å²) in [7, 11) is 1.80. The van der Waals surface area contributed by atoms with Gasteiger partial charge in [-0.1, -0.05) is 24.3 Å². The number of hydrogen-bond donors (Lipinski definition) is 1. The molecular formula is C23H36IN3O4. The van der Waals surface area contributed by atoms with Gasteiger partial charge in [-0.05, 0) is 43.7 Å². The van der Waals surface area contributed by atoms with E-state index in [2.05, 4.69) is 39.5 Å². The second-order valence-electron chi connectivity index (χ2n) is 7.85. The van der Waals surface area contributed by atoms with Crippen molar-refractivity contribution in [2.45, 2.75) is 51.9 Å². The highest BCUT2D eigenvalue weighted by Crippen LogP contribution is 2.19. The monoisotopic (exact) mass is 545 g/mol. The van der Waals surface area contributed by atoms with Crippen molar-refractivity contribution in [1.29, 1.82) is 0 Å². The van der Waals surface area contributed by atoms with Crippen LogP contribution in [0.15, 0.2) is 29.3 Å². The molecule has 2 aliphatic rings. The third-order valence-electron chi connectivity index (χ3n) is 5.75. The lowest BCUT2D eigenvalue weighted by atomic mass is 9.97. The molecule has 3 rings (SSSR count). The Morgan fingerprint density at radius 2 is 1.77 bits per heavy atom. The summed E-state index contributed by atoms with van der Waals surface area (Å²) in [6.07, 6.45) is 3.90. The van der Waals surface area contributed by atoms with Gasteiger partial charge in [0.15, 0.2) is 5.96 Å². The summed E-state index contributed by atoms with van der Waals surface area (Å²) >= 11 is 0. The largest absolute Gasteiger partial charge is 0.466 e. The Morgan fingerprint density at radius 3 is 2.39 bits per heavy atom. The SMILES string of the molecule is CCOC(=O)C1CCN(C(=NC)NCc2ccc(COC3CCOCC3)cc2)CC1.I. The van der Waals surface area contributed by atoms with Crippen molar-refractivity contribution in [3.63, 3.8) is 0 Å². The van der Waals surface area contributed by atoms with Crippen LogP contribution in [0.5, 0.6) is 0 Å². The second kappa shape index (κ2) is 13.9. The molecule has 7 nitrogen and oxygen atoms in total. The highest BCUT2D eigenvalue weighted by Gasteiger charge is 2.27. The Bertz CT molecular complexity index is 685. The number of esters is 1. The first-order valence-corrected chi connectivity index (χ1v) is 11.1. The van der Waals surface area contributed by atoms with E-state index in [0.29, 0.717) is 25.9 Å². The minimum atomic E-state index is -0.0685. The van der Waals surface area contributed by atoms with Crippen LogP contribution in [0.1, 0.15) is 43.7 Å². The third kappa shape index (κ3) is 8.23. The molecule has 2 saturated heterocycles. The lowest BCUT2D eigenvalue weighted by Crippen LogP contribution is -2.46. The summed E-state index contributed by atoms with van der Waals surface area (Å²) in [6, 6.07) is 8.53. The first kappa shape index (κ1) is 25.9. The number of nitrogens with one attached hydrogen (secondary N) is 1. The molecule has 2 heterocycles. The Kier molecular flexibility index (Phi) is 11.6. The minimum absolute atomic E-state index is 0. The van der Waals surface area contributed by atoms with Gasteiger partial charge < -0.3 is 24.4 Å². The molecule has 1 aromatic carbocycles. The van der Waals surface area contributed by atoms with E-state index in [1.54, 1.807) is 7.05 Å². The summed E-state index contributed by atoms with van der Waals surface area (Å²) in [5, 5.41) is 3.44. The van der Waals surface area contributed by atoms with E-state index in [4.69, 9.17) is 14.2 Å². The lowest BCUT2D eigenvalue weighted by molar-refractivity contribution is -0.149. The van der Waals surface area contributed by atoms with Crippen LogP contribution in [0.25, 0.3) is 0 Å². The van der Waals surface area contributed by atoms with Crippen molar-refractivity contribution >= 4 is 35.9 Å². The number of ether oxygens (including phenoxy) is 3. The number of aliphatic imine (C=N–C) groups is 1. The predicted octanol–water partition coefficient (Wildman–Crippen LogP) is 3.35. The van der Waals surface area contributed by atoms with Crippen molar-refractivity contribution in [1.82, 2.24) is 10.2 Å². The number of rotatable bonds is 7. The van der Waals surface area contributed by atoms with Crippen LogP contribution in [0, 0.1) is 5.92 Å². The number of carbonyl (C=O) groups is 1. The summed E-state index contributed by atoms with van der Waals surface area (Å²) in [5.74, 6) is 0.820. The Labute approximate surface area is 202 Å². The number of guanidine groups is 1. The van der Waals surface area contributed by atoms with Gasteiger partial charge in [0.1, 0.15) is 0 Å². The van der Waals surface area contributed by atoms with Crippen molar-refractivity contribution < 1.29 is 19.0 Å². The van der Waals surface area contributed by atoms with E-state index >= 15 is 0 Å². The fraction of sp³-hybridized carbons (Fsp3) is 0.652. The number of benzene rings is 1. The van der Waals surface area contributed by atoms with E-state index in [0.717, 1.165) is 57.9 Å². The quantitative estimate of drug-likeness (QED) is 0.245. The Morgan fingerprint density at radius 1 is 1.13 bits per heavy atom. The van der Waals surface area contributed by atoms with Crippen LogP contribution in [-0.4, -0.2) is 62.9 Å². The molecule has 0 aliphatic carbocycles. The van der Waals surface area contributed by atoms with Crippen molar-refractivity contribution in [3.8, 4) is 0 Å². The number of halogens is 1. The van der Waals surface area contributed by atoms with Gasteiger partial charge in [-0.15, -0.1) is 24.0 Å². The first-order chi connectivity index (χ1) is 14.7. The van der Waals surface area contributed by atoms with Gasteiger partial charge in [0.2, 0.25) is 0 Å². The molecular weight excluding hydrogens is 509 g/mol. The molecule has 0 bridgehead atoms. The van der Waals surface area contributed by atoms with Gasteiger partial charge in [0.25, 0.3) is 0 Å². The minimum Gasteiger partial charge on any atom is -0.466 e. The summed E-state index contributed by atoms with van der Waals surface area (Å²) in [6.45, 7) is 6.89. The van der Waals surface area contributed by atoms with Crippen LogP contribution in [0.4, 0.5) is 0 Å². The second-order valence-corrected chi connectivity index (χ2v) is 7.85. The maximum atomic E-state index is 11.9. The van der Waals surface area contributed by atoms with Crippen molar-refractivity contribution in [2.75, 3.05) is 40.0 Å². The third-order valence-corrected chi connectivity index (χ3v) is 5.75. The molecule has 2 fully saturated rings. The maximum Gasteiger partial charge on any atom is 0.309 e. The van der Waals surface area contributed by atoms with Crippen LogP contribution in [0.2, 0.25) is 0 Å². The van der Waals surface area contributed by atoms with E-state index in [9.17, 15) is 4.79 Å². The zero-order chi connectivity index (χ0) is 21.2. The Balaban J connectivity index is 0.00000341. The van der Waals surface area contributed by atoms with Crippen molar-refractivity contribution in [3.05, 3.63) is 35.4 Å². The average Bonchev–Trinajstić information content (AvgIpc) is 2.80. The highest BCUT2D eigenvalue weighted by molar-refractivity contribution is 14.0. The molecule has 0 radical (unpaired) electrons. The summed E-state index contributed by atoms with van der Waals surface area (Å²) in [4.78, 5) is 18.5. The predicted molar refractivity (Wildman–Crippen MR) is 132 cm³/mol. The number of hydrogen-bond acceptors (Lipinski definition) is 5. The maximum absolute atomic E-state index is 11.9. The molecule has 0 saturated carbocycles. The fourth-order valence-corrected chi connectivity index (χ4v) is 3.91. The number of nitrogens with zero attached hydrogens (tertiary/aromatic N) is 2. The Hall–Kier alpha value is -1.39. The number of piperidine rings is 1. The molecule has 0 amide bonds. The van der Waals surface area contributed by atoms with Crippen LogP contribution < -0.4 is 5.32 Å². The average molecular weight is 545 g/mol. The molecule has 0 spiro atoms. The molecule has 174 valence electrons. The molecule has 0 aromatic heterocycles. The topological polar surface area (TPSA) is 72.4 Å². The van der Waals surface area contributed by atoms with Gasteiger partial charge in [-0.25, -0.2) is 0 Å². The van der Waals surface area contributed by atoms with Gasteiger partial charge in [0, 0.05) is 39.9 Å². The highest BCUT2D eigenvalue weighted by atomic mass is 127. The fourth-order valence-electron chi connectivity index (χ4n) is 3.91. The molecule has 1 aromatic rings. The zero-order valence-corrected chi connectivity index (χ0v) is 21.0. The van der Waals surface area contributed by atoms with Gasteiger partial charge in [-0.3, -0.25) is 9.79 Å². The van der Waals surface area contributed by atoms with Crippen LogP contribution in [-0.2, 0) is 32.2 Å². The van der Waals surface area contributed by atoms with E-state index < -0.39 is 0 Å². The molecule has 8 heteroatoms. The standard InChI is InChI=1S/C23H35N3O4.HI/c1-3-29-22(27)20-8-12-26(13-9-20)23(24-2)25-16-18-4-6-19(7-5-18)17-30-21-10-14-28-15-11-21;/h4-7,20-21H,3,8-17H2,1-2H3,(H,24,25);1H. The zero-order valence-electron chi connectivity index (χ0n) is 18.7. The molecule has 0 unspecified atom stereocenters. The molecule has 31 heavy (non-hydrogen) atoms. The summed E-state index contributed by atoms with van der Waals surface area (Å²) in [5.41, 5.74) is 2.39. The summed E-state index contributed by atoms with van der Waals surface area (Å²) < 4.78 is 16.5. The smallest absolute Gasteiger partial charge is 0.309 e. The van der Waals surface area contributed by atoms with Gasteiger partial charge in [0.05, 0.1) is 25.2 Å². The van der Waals surface area contributed by atoms with Crippen molar-refractivity contribution in [2.24, 2.45) is 10.9 Å². The number of likely N-dealkylation sites (tertiary alicyclic amines) is 1. The van der Waals surface area contributed by atoms with E-state index in [1.807, 2.05) is 6.92 Å². The van der Waals surface area contributed by atoms with E-state index in [-0.39, 0.29) is 35.9 Å². The first-order valence-electron chi connectivity index (χ1n) is 11.1. The van der Waals surface area contributed by atoms with Crippen LogP contribution in [0.3, 0.4) is 0 Å². The normalized spacial score (nSPS) is 18.4. The van der Waals surface area contributed by atoms with Gasteiger partial charge >= 0.3 is 5.97 Å². The number of carbonyl (C=O) groups excluding carboxylic acids is 1. The van der Waals surface area contributed by atoms with E-state index in [1.165, 1.54) is 11.1 Å². The van der Waals surface area contributed by atoms with Gasteiger partial charge in [-0.2, -0.15) is 0 Å². The lowest BCUT2D eigenvalue weighted by Gasteiger charge is -2.33. The molecule has 2 aliphatic heterocycles. The molecule has 0 atom stereocenters. The molecule has 1 N–H and O–H groups in total.